The molecule has 1 unspecified atom stereocenters. The number of ether oxygens (including phenoxy) is 1. The Morgan fingerprint density at radius 1 is 1.42 bits per heavy atom. The zero-order valence-electron chi connectivity index (χ0n) is 14.8. The van der Waals surface area contributed by atoms with E-state index >= 15 is 0 Å². The van der Waals surface area contributed by atoms with Crippen molar-refractivity contribution >= 4 is 39.8 Å². The van der Waals surface area contributed by atoms with Crippen LogP contribution >= 0.6 is 22.9 Å². The zero-order valence-corrected chi connectivity index (χ0v) is 16.4. The summed E-state index contributed by atoms with van der Waals surface area (Å²) in [6, 6.07) is 3.26. The van der Waals surface area contributed by atoms with E-state index in [1.165, 1.54) is 22.4 Å². The average molecular weight is 393 g/mol. The molecule has 3 rings (SSSR count). The van der Waals surface area contributed by atoms with Crippen molar-refractivity contribution in [1.82, 2.24) is 4.98 Å². The highest BCUT2D eigenvalue weighted by Gasteiger charge is 2.30. The number of nitrogens with one attached hydrogen (secondary N) is 1. The molecule has 0 aromatic carbocycles. The van der Waals surface area contributed by atoms with Crippen LogP contribution in [-0.4, -0.2) is 23.5 Å². The van der Waals surface area contributed by atoms with Crippen molar-refractivity contribution in [3.63, 3.8) is 0 Å². The maximum absolute atomic E-state index is 12.6. The van der Waals surface area contributed by atoms with Crippen LogP contribution in [0.15, 0.2) is 18.3 Å². The Hall–Kier alpha value is -1.92. The molecule has 0 fully saturated rings. The minimum Gasteiger partial charge on any atom is -0.462 e. The number of esters is 1. The van der Waals surface area contributed by atoms with Gasteiger partial charge in [-0.3, -0.25) is 4.79 Å². The van der Waals surface area contributed by atoms with Gasteiger partial charge in [-0.15, -0.1) is 11.3 Å². The van der Waals surface area contributed by atoms with Crippen molar-refractivity contribution in [1.29, 1.82) is 0 Å². The summed E-state index contributed by atoms with van der Waals surface area (Å²) < 4.78 is 5.24. The highest BCUT2D eigenvalue weighted by molar-refractivity contribution is 7.17. The Kier molecular flexibility index (Phi) is 5.94. The fourth-order valence-electron chi connectivity index (χ4n) is 3.24. The van der Waals surface area contributed by atoms with Gasteiger partial charge in [-0.05, 0) is 49.8 Å². The summed E-state index contributed by atoms with van der Waals surface area (Å²) >= 11 is 7.48. The lowest BCUT2D eigenvalue weighted by atomic mass is 9.85. The van der Waals surface area contributed by atoms with Gasteiger partial charge in [0.25, 0.3) is 5.91 Å². The van der Waals surface area contributed by atoms with Gasteiger partial charge in [0.15, 0.2) is 0 Å². The molecule has 1 aliphatic carbocycles. The van der Waals surface area contributed by atoms with Gasteiger partial charge in [-0.1, -0.05) is 24.9 Å². The number of carbonyl (C=O) groups excluding carboxylic acids is 2. The first kappa shape index (κ1) is 18.9. The number of aromatic nitrogens is 1. The van der Waals surface area contributed by atoms with Crippen molar-refractivity contribution in [3.8, 4) is 0 Å². The van der Waals surface area contributed by atoms with Crippen molar-refractivity contribution in [3.05, 3.63) is 45.1 Å². The van der Waals surface area contributed by atoms with E-state index in [1.807, 2.05) is 0 Å². The van der Waals surface area contributed by atoms with Crippen LogP contribution in [0.5, 0.6) is 0 Å². The van der Waals surface area contributed by atoms with Crippen LogP contribution in [-0.2, 0) is 17.6 Å². The number of anilines is 1. The molecule has 1 N–H and O–H groups in total. The molecule has 0 aliphatic heterocycles. The van der Waals surface area contributed by atoms with E-state index < -0.39 is 0 Å². The molecule has 2 aromatic heterocycles. The van der Waals surface area contributed by atoms with E-state index in [2.05, 4.69) is 17.2 Å². The second-order valence-electron chi connectivity index (χ2n) is 6.24. The first-order valence-electron chi connectivity index (χ1n) is 8.78. The fraction of sp³-hybridized carbons (Fsp3) is 0.421. The first-order valence-corrected chi connectivity index (χ1v) is 9.98. The van der Waals surface area contributed by atoms with Crippen LogP contribution in [0.1, 0.15) is 57.8 Å². The minimum absolute atomic E-state index is 0.134. The van der Waals surface area contributed by atoms with E-state index in [4.69, 9.17) is 16.3 Å². The molecule has 26 heavy (non-hydrogen) atoms. The van der Waals surface area contributed by atoms with Crippen LogP contribution in [0, 0.1) is 5.92 Å². The van der Waals surface area contributed by atoms with Crippen LogP contribution < -0.4 is 5.32 Å². The van der Waals surface area contributed by atoms with E-state index in [9.17, 15) is 9.59 Å². The number of nitrogens with zero attached hydrogens (tertiary/aromatic N) is 1. The predicted octanol–water partition coefficient (Wildman–Crippen LogP) is 4.74. The molecule has 1 aliphatic rings. The number of hydrogen-bond acceptors (Lipinski definition) is 5. The molecule has 2 heterocycles. The molecule has 1 atom stereocenters. The van der Waals surface area contributed by atoms with Crippen LogP contribution in [0.4, 0.5) is 5.00 Å². The van der Waals surface area contributed by atoms with Crippen molar-refractivity contribution in [2.75, 3.05) is 11.9 Å². The van der Waals surface area contributed by atoms with E-state index in [0.29, 0.717) is 23.1 Å². The lowest BCUT2D eigenvalue weighted by Gasteiger charge is -2.20. The van der Waals surface area contributed by atoms with Crippen molar-refractivity contribution in [2.24, 2.45) is 5.92 Å². The minimum atomic E-state index is -0.382. The van der Waals surface area contributed by atoms with Gasteiger partial charge in [0.1, 0.15) is 10.2 Å². The molecule has 0 spiro atoms. The van der Waals surface area contributed by atoms with E-state index in [1.54, 1.807) is 19.1 Å². The summed E-state index contributed by atoms with van der Waals surface area (Å²) in [5.41, 5.74) is 1.79. The molecule has 5 nitrogen and oxygen atoms in total. The Morgan fingerprint density at radius 3 is 2.92 bits per heavy atom. The topological polar surface area (TPSA) is 68.3 Å². The number of rotatable bonds is 5. The lowest BCUT2D eigenvalue weighted by Crippen LogP contribution is -2.17. The predicted molar refractivity (Wildman–Crippen MR) is 103 cm³/mol. The summed E-state index contributed by atoms with van der Waals surface area (Å²) in [6.07, 6.45) is 5.46. The Morgan fingerprint density at radius 2 is 2.23 bits per heavy atom. The molecule has 138 valence electrons. The van der Waals surface area contributed by atoms with Crippen LogP contribution in [0.25, 0.3) is 0 Å². The number of fused-ring (bicyclic) bond motifs is 1. The largest absolute Gasteiger partial charge is 0.462 e. The number of halogens is 1. The summed E-state index contributed by atoms with van der Waals surface area (Å²) in [4.78, 5) is 30.2. The van der Waals surface area contributed by atoms with Crippen LogP contribution in [0.2, 0.25) is 5.15 Å². The van der Waals surface area contributed by atoms with Crippen molar-refractivity contribution in [2.45, 2.75) is 39.5 Å². The molecular weight excluding hydrogens is 372 g/mol. The highest BCUT2D eigenvalue weighted by Crippen LogP contribution is 2.41. The van der Waals surface area contributed by atoms with Gasteiger partial charge in [0, 0.05) is 11.1 Å². The third-order valence-corrected chi connectivity index (χ3v) is 6.13. The smallest absolute Gasteiger partial charge is 0.341 e. The maximum Gasteiger partial charge on any atom is 0.341 e. The number of amides is 1. The Balaban J connectivity index is 1.95. The molecular formula is C19H21ClN2O3S. The standard InChI is InChI=1S/C19H21ClN2O3S/c1-3-11-7-8-12-14(10-11)26-18(15(12)19(24)25-4-2)22-17(23)13-6-5-9-21-16(13)20/h5-6,9,11H,3-4,7-8,10H2,1-2H3,(H,22,23). The molecule has 0 bridgehead atoms. The second kappa shape index (κ2) is 8.18. The number of hydrogen-bond donors (Lipinski definition) is 1. The quantitative estimate of drug-likeness (QED) is 0.589. The van der Waals surface area contributed by atoms with Crippen molar-refractivity contribution < 1.29 is 14.3 Å². The van der Waals surface area contributed by atoms with Gasteiger partial charge >= 0.3 is 5.97 Å². The zero-order chi connectivity index (χ0) is 18.7. The van der Waals surface area contributed by atoms with Gasteiger partial charge in [-0.25, -0.2) is 9.78 Å². The lowest BCUT2D eigenvalue weighted by molar-refractivity contribution is 0.0526. The third-order valence-electron chi connectivity index (χ3n) is 4.66. The second-order valence-corrected chi connectivity index (χ2v) is 7.70. The number of carbonyl (C=O) groups is 2. The van der Waals surface area contributed by atoms with Gasteiger partial charge < -0.3 is 10.1 Å². The molecule has 0 saturated carbocycles. The molecule has 7 heteroatoms. The van der Waals surface area contributed by atoms with E-state index in [0.717, 1.165) is 31.2 Å². The summed E-state index contributed by atoms with van der Waals surface area (Å²) in [7, 11) is 0. The molecule has 1 amide bonds. The summed E-state index contributed by atoms with van der Waals surface area (Å²) in [5.74, 6) is -0.140. The first-order chi connectivity index (χ1) is 12.5. The van der Waals surface area contributed by atoms with Crippen LogP contribution in [0.3, 0.4) is 0 Å². The Labute approximate surface area is 161 Å². The van der Waals surface area contributed by atoms with Gasteiger partial charge in [-0.2, -0.15) is 0 Å². The van der Waals surface area contributed by atoms with Gasteiger partial charge in [0.2, 0.25) is 0 Å². The van der Waals surface area contributed by atoms with Gasteiger partial charge in [0.05, 0.1) is 17.7 Å². The number of thiophene rings is 1. The normalized spacial score (nSPS) is 16.0. The SMILES string of the molecule is CCOC(=O)c1c(NC(=O)c2cccnc2Cl)sc2c1CCC(CC)C2. The summed E-state index contributed by atoms with van der Waals surface area (Å²) in [5, 5.41) is 3.52. The van der Waals surface area contributed by atoms with E-state index in [-0.39, 0.29) is 22.6 Å². The average Bonchev–Trinajstić information content (AvgIpc) is 2.98. The monoisotopic (exact) mass is 392 g/mol. The molecule has 0 radical (unpaired) electrons. The molecule has 2 aromatic rings. The highest BCUT2D eigenvalue weighted by atomic mass is 35.5. The summed E-state index contributed by atoms with van der Waals surface area (Å²) in [6.45, 7) is 4.25. The number of pyridine rings is 1. The molecule has 0 saturated heterocycles. The Bertz CT molecular complexity index is 834. The third kappa shape index (κ3) is 3.76. The maximum atomic E-state index is 12.6. The fourth-order valence-corrected chi connectivity index (χ4v) is 4.79.